The van der Waals surface area contributed by atoms with Crippen molar-refractivity contribution in [3.05, 3.63) is 64.9 Å². The Morgan fingerprint density at radius 2 is 1.75 bits per heavy atom. The van der Waals surface area contributed by atoms with Gasteiger partial charge in [-0.15, -0.1) is 0 Å². The zero-order chi connectivity index (χ0) is 22.8. The van der Waals surface area contributed by atoms with Crippen molar-refractivity contribution in [1.82, 2.24) is 5.32 Å². The predicted molar refractivity (Wildman–Crippen MR) is 120 cm³/mol. The van der Waals surface area contributed by atoms with Gasteiger partial charge in [-0.2, -0.15) is 0 Å². The lowest BCUT2D eigenvalue weighted by Crippen LogP contribution is -2.43. The normalized spacial score (nSPS) is 20.3. The number of hydrogen-bond acceptors (Lipinski definition) is 5. The highest BCUT2D eigenvalue weighted by atomic mass is 16.5. The maximum absolute atomic E-state index is 13.2. The molecule has 166 valence electrons. The highest BCUT2D eigenvalue weighted by Crippen LogP contribution is 2.40. The standard InChI is InChI=1S/C25H26N2O5/c1-14-4-9-22(32-3)19(10-14)27-25(30)18-13-23(29)26-20-11-16(12-21(28)24(18)20)15-5-7-17(31-2)8-6-15/h4-10,16,18H,11-13H2,1-3H3,(H,26,29)(H,27,30)/t16-,18+/m1/s1. The number of allylic oxidation sites excluding steroid dienone is 1. The zero-order valence-corrected chi connectivity index (χ0v) is 18.4. The van der Waals surface area contributed by atoms with Crippen molar-refractivity contribution in [2.24, 2.45) is 5.92 Å². The third-order valence-electron chi connectivity index (χ3n) is 6.05. The minimum atomic E-state index is -0.826. The second-order valence-electron chi connectivity index (χ2n) is 8.19. The van der Waals surface area contributed by atoms with E-state index >= 15 is 0 Å². The number of aryl methyl sites for hydroxylation is 1. The molecule has 0 spiro atoms. The predicted octanol–water partition coefficient (Wildman–Crippen LogP) is 3.49. The van der Waals surface area contributed by atoms with Gasteiger partial charge >= 0.3 is 0 Å². The molecule has 0 radical (unpaired) electrons. The van der Waals surface area contributed by atoms with Crippen LogP contribution >= 0.6 is 0 Å². The summed E-state index contributed by atoms with van der Waals surface area (Å²) in [4.78, 5) is 38.7. The Balaban J connectivity index is 1.60. The fraction of sp³-hybridized carbons (Fsp3) is 0.320. The van der Waals surface area contributed by atoms with Crippen molar-refractivity contribution in [2.45, 2.75) is 32.1 Å². The second-order valence-corrected chi connectivity index (χ2v) is 8.19. The molecule has 2 aliphatic rings. The molecule has 1 aliphatic heterocycles. The average Bonchev–Trinajstić information content (AvgIpc) is 2.78. The minimum absolute atomic E-state index is 0.0578. The highest BCUT2D eigenvalue weighted by Gasteiger charge is 2.40. The minimum Gasteiger partial charge on any atom is -0.497 e. The third kappa shape index (κ3) is 4.23. The number of carbonyl (C=O) groups excluding carboxylic acids is 3. The Morgan fingerprint density at radius 3 is 2.44 bits per heavy atom. The lowest BCUT2D eigenvalue weighted by Gasteiger charge is -2.33. The van der Waals surface area contributed by atoms with Crippen molar-refractivity contribution < 1.29 is 23.9 Å². The molecule has 7 nitrogen and oxygen atoms in total. The molecule has 2 aromatic carbocycles. The van der Waals surface area contributed by atoms with E-state index < -0.39 is 5.92 Å². The highest BCUT2D eigenvalue weighted by molar-refractivity contribution is 6.09. The summed E-state index contributed by atoms with van der Waals surface area (Å²) >= 11 is 0. The van der Waals surface area contributed by atoms with Crippen LogP contribution in [0.4, 0.5) is 5.69 Å². The number of ketones is 1. The van der Waals surface area contributed by atoms with Crippen LogP contribution in [0.25, 0.3) is 0 Å². The van der Waals surface area contributed by atoms with E-state index in [1.54, 1.807) is 19.2 Å². The van der Waals surface area contributed by atoms with Crippen molar-refractivity contribution in [3.8, 4) is 11.5 Å². The number of benzene rings is 2. The van der Waals surface area contributed by atoms with E-state index in [2.05, 4.69) is 10.6 Å². The molecule has 2 atom stereocenters. The molecule has 2 amide bonds. The van der Waals surface area contributed by atoms with Crippen LogP contribution in [0.2, 0.25) is 0 Å². The average molecular weight is 434 g/mol. The molecule has 1 aliphatic carbocycles. The molecular formula is C25H26N2O5. The molecule has 7 heteroatoms. The molecule has 4 rings (SSSR count). The van der Waals surface area contributed by atoms with E-state index in [4.69, 9.17) is 9.47 Å². The monoisotopic (exact) mass is 434 g/mol. The van der Waals surface area contributed by atoms with Gasteiger partial charge in [-0.05, 0) is 54.7 Å². The lowest BCUT2D eigenvalue weighted by atomic mass is 9.75. The van der Waals surface area contributed by atoms with Crippen molar-refractivity contribution in [2.75, 3.05) is 19.5 Å². The van der Waals surface area contributed by atoms with Gasteiger partial charge in [-0.3, -0.25) is 14.4 Å². The summed E-state index contributed by atoms with van der Waals surface area (Å²) in [5, 5.41) is 5.70. The number of anilines is 1. The van der Waals surface area contributed by atoms with Crippen LogP contribution in [0.1, 0.15) is 36.3 Å². The van der Waals surface area contributed by atoms with Gasteiger partial charge in [0.2, 0.25) is 11.8 Å². The summed E-state index contributed by atoms with van der Waals surface area (Å²) in [7, 11) is 3.13. The Morgan fingerprint density at radius 1 is 1.00 bits per heavy atom. The summed E-state index contributed by atoms with van der Waals surface area (Å²) in [6.07, 6.45) is 0.729. The van der Waals surface area contributed by atoms with Gasteiger partial charge < -0.3 is 20.1 Å². The van der Waals surface area contributed by atoms with E-state index in [9.17, 15) is 14.4 Å². The molecule has 0 fully saturated rings. The first-order valence-electron chi connectivity index (χ1n) is 10.5. The van der Waals surface area contributed by atoms with Crippen LogP contribution in [0.15, 0.2) is 53.7 Å². The van der Waals surface area contributed by atoms with E-state index in [0.29, 0.717) is 35.5 Å². The van der Waals surface area contributed by atoms with Crippen LogP contribution in [0.5, 0.6) is 11.5 Å². The lowest BCUT2D eigenvalue weighted by molar-refractivity contribution is -0.129. The van der Waals surface area contributed by atoms with E-state index in [1.807, 2.05) is 37.3 Å². The van der Waals surface area contributed by atoms with Crippen LogP contribution < -0.4 is 20.1 Å². The summed E-state index contributed by atoms with van der Waals surface area (Å²) in [6.45, 7) is 1.91. The topological polar surface area (TPSA) is 93.7 Å². The number of nitrogens with one attached hydrogen (secondary N) is 2. The Labute approximate surface area is 186 Å². The molecule has 2 aromatic rings. The third-order valence-corrected chi connectivity index (χ3v) is 6.05. The fourth-order valence-electron chi connectivity index (χ4n) is 4.44. The first kappa shape index (κ1) is 21.6. The SMILES string of the molecule is COc1ccc([C@H]2CC(=O)C3=C(C2)NC(=O)C[C@@H]3C(=O)Nc2cc(C)ccc2OC)cc1. The summed E-state index contributed by atoms with van der Waals surface area (Å²) < 4.78 is 10.5. The Bertz CT molecular complexity index is 1100. The summed E-state index contributed by atoms with van der Waals surface area (Å²) in [6, 6.07) is 13.0. The van der Waals surface area contributed by atoms with Crippen LogP contribution in [0, 0.1) is 12.8 Å². The van der Waals surface area contributed by atoms with E-state index in [1.165, 1.54) is 7.11 Å². The number of amides is 2. The van der Waals surface area contributed by atoms with Gasteiger partial charge in [0.1, 0.15) is 11.5 Å². The molecule has 0 unspecified atom stereocenters. The molecule has 0 aromatic heterocycles. The molecule has 0 bridgehead atoms. The number of ether oxygens (including phenoxy) is 2. The molecule has 0 saturated heterocycles. The number of hydrogen-bond donors (Lipinski definition) is 2. The quantitative estimate of drug-likeness (QED) is 0.751. The number of carbonyl (C=O) groups is 3. The van der Waals surface area contributed by atoms with Gasteiger partial charge in [0.05, 0.1) is 25.8 Å². The van der Waals surface area contributed by atoms with Gasteiger partial charge in [-0.25, -0.2) is 0 Å². The van der Waals surface area contributed by atoms with Crippen molar-refractivity contribution in [3.63, 3.8) is 0 Å². The molecule has 2 N–H and O–H groups in total. The number of Topliss-reactive ketones (excluding diaryl/α,β-unsaturated/α-hetero) is 1. The maximum Gasteiger partial charge on any atom is 0.232 e. The van der Waals surface area contributed by atoms with Gasteiger partial charge in [0, 0.05) is 24.1 Å². The molecule has 1 heterocycles. The number of rotatable bonds is 5. The zero-order valence-electron chi connectivity index (χ0n) is 18.4. The summed E-state index contributed by atoms with van der Waals surface area (Å²) in [5.41, 5.74) is 3.44. The van der Waals surface area contributed by atoms with E-state index in [-0.39, 0.29) is 29.9 Å². The van der Waals surface area contributed by atoms with Gasteiger partial charge in [0.25, 0.3) is 0 Å². The second kappa shape index (κ2) is 8.86. The summed E-state index contributed by atoms with van der Waals surface area (Å²) in [5.74, 6) is -0.378. The smallest absolute Gasteiger partial charge is 0.232 e. The van der Waals surface area contributed by atoms with Crippen LogP contribution in [0.3, 0.4) is 0 Å². The Hall–Kier alpha value is -3.61. The van der Waals surface area contributed by atoms with Crippen molar-refractivity contribution in [1.29, 1.82) is 0 Å². The van der Waals surface area contributed by atoms with Crippen LogP contribution in [-0.4, -0.2) is 31.8 Å². The largest absolute Gasteiger partial charge is 0.497 e. The van der Waals surface area contributed by atoms with Crippen LogP contribution in [-0.2, 0) is 14.4 Å². The molecule has 32 heavy (non-hydrogen) atoms. The maximum atomic E-state index is 13.2. The van der Waals surface area contributed by atoms with Gasteiger partial charge in [-0.1, -0.05) is 18.2 Å². The number of methoxy groups -OCH3 is 2. The fourth-order valence-corrected chi connectivity index (χ4v) is 4.44. The molecule has 0 saturated carbocycles. The Kier molecular flexibility index (Phi) is 5.99. The van der Waals surface area contributed by atoms with E-state index in [0.717, 1.165) is 16.9 Å². The first-order valence-corrected chi connectivity index (χ1v) is 10.5. The first-order chi connectivity index (χ1) is 15.4. The van der Waals surface area contributed by atoms with Crippen molar-refractivity contribution >= 4 is 23.3 Å². The molecular weight excluding hydrogens is 408 g/mol. The van der Waals surface area contributed by atoms with Gasteiger partial charge in [0.15, 0.2) is 5.78 Å².